The predicted molar refractivity (Wildman–Crippen MR) is 83.0 cm³/mol. The average Bonchev–Trinajstić information content (AvgIpc) is 2.48. The highest BCUT2D eigenvalue weighted by molar-refractivity contribution is 9.10. The van der Waals surface area contributed by atoms with Crippen LogP contribution in [0.25, 0.3) is 0 Å². The molecule has 0 atom stereocenters. The van der Waals surface area contributed by atoms with Gasteiger partial charge in [-0.05, 0) is 30.3 Å². The quantitative estimate of drug-likeness (QED) is 0.893. The number of hydrogen-bond acceptors (Lipinski definition) is 2. The van der Waals surface area contributed by atoms with Crippen LogP contribution in [0.15, 0.2) is 53.0 Å². The number of nitrogens with one attached hydrogen (secondary N) is 2. The Morgan fingerprint density at radius 1 is 1.15 bits per heavy atom. The van der Waals surface area contributed by atoms with E-state index in [1.165, 1.54) is 0 Å². The van der Waals surface area contributed by atoms with Crippen molar-refractivity contribution in [1.82, 2.24) is 5.32 Å². The fourth-order valence-electron chi connectivity index (χ4n) is 1.73. The summed E-state index contributed by atoms with van der Waals surface area (Å²) in [6.07, 6.45) is 0. The SMILES string of the molecule is COc1ccccc1CNC(=O)Nc1ccc(Br)cc1. The average molecular weight is 335 g/mol. The van der Waals surface area contributed by atoms with Crippen LogP contribution in [0, 0.1) is 0 Å². The van der Waals surface area contributed by atoms with Crippen LogP contribution in [-0.2, 0) is 6.54 Å². The minimum absolute atomic E-state index is 0.252. The topological polar surface area (TPSA) is 50.4 Å². The van der Waals surface area contributed by atoms with Gasteiger partial charge in [-0.25, -0.2) is 4.79 Å². The molecule has 0 saturated heterocycles. The van der Waals surface area contributed by atoms with Crippen molar-refractivity contribution in [3.63, 3.8) is 0 Å². The lowest BCUT2D eigenvalue weighted by Gasteiger charge is -2.10. The molecule has 104 valence electrons. The molecule has 2 N–H and O–H groups in total. The molecule has 0 unspecified atom stereocenters. The third-order valence-corrected chi connectivity index (χ3v) is 3.26. The van der Waals surface area contributed by atoms with Crippen LogP contribution in [0.3, 0.4) is 0 Å². The number of para-hydroxylation sites is 1. The second kappa shape index (κ2) is 6.96. The van der Waals surface area contributed by atoms with E-state index in [-0.39, 0.29) is 6.03 Å². The lowest BCUT2D eigenvalue weighted by molar-refractivity contribution is 0.251. The predicted octanol–water partition coefficient (Wildman–Crippen LogP) is 3.78. The first-order valence-electron chi connectivity index (χ1n) is 6.11. The largest absolute Gasteiger partial charge is 0.496 e. The number of urea groups is 1. The molecule has 20 heavy (non-hydrogen) atoms. The van der Waals surface area contributed by atoms with Gasteiger partial charge < -0.3 is 15.4 Å². The Hall–Kier alpha value is -2.01. The second-order valence-electron chi connectivity index (χ2n) is 4.13. The van der Waals surface area contributed by atoms with Crippen molar-refractivity contribution in [3.05, 3.63) is 58.6 Å². The van der Waals surface area contributed by atoms with E-state index in [4.69, 9.17) is 4.74 Å². The molecule has 0 aliphatic heterocycles. The number of benzene rings is 2. The highest BCUT2D eigenvalue weighted by Gasteiger charge is 2.05. The summed E-state index contributed by atoms with van der Waals surface area (Å²) in [5, 5.41) is 5.56. The number of amides is 2. The maximum absolute atomic E-state index is 11.8. The third kappa shape index (κ3) is 3.99. The number of carbonyl (C=O) groups excluding carboxylic acids is 1. The summed E-state index contributed by atoms with van der Waals surface area (Å²) in [6, 6.07) is 14.7. The minimum Gasteiger partial charge on any atom is -0.496 e. The highest BCUT2D eigenvalue weighted by atomic mass is 79.9. The number of carbonyl (C=O) groups is 1. The van der Waals surface area contributed by atoms with Crippen LogP contribution in [0.5, 0.6) is 5.75 Å². The van der Waals surface area contributed by atoms with Gasteiger partial charge in [-0.3, -0.25) is 0 Å². The lowest BCUT2D eigenvalue weighted by atomic mass is 10.2. The summed E-state index contributed by atoms with van der Waals surface area (Å²) in [6.45, 7) is 0.409. The highest BCUT2D eigenvalue weighted by Crippen LogP contribution is 2.17. The molecule has 2 aromatic carbocycles. The van der Waals surface area contributed by atoms with Gasteiger partial charge in [-0.15, -0.1) is 0 Å². The molecule has 0 saturated carbocycles. The second-order valence-corrected chi connectivity index (χ2v) is 5.04. The first kappa shape index (κ1) is 14.4. The van der Waals surface area contributed by atoms with Gasteiger partial charge in [0.05, 0.1) is 7.11 Å². The number of ether oxygens (including phenoxy) is 1. The normalized spacial score (nSPS) is 9.90. The van der Waals surface area contributed by atoms with Crippen molar-refractivity contribution in [2.24, 2.45) is 0 Å². The van der Waals surface area contributed by atoms with Crippen LogP contribution in [0.1, 0.15) is 5.56 Å². The zero-order valence-corrected chi connectivity index (χ0v) is 12.6. The minimum atomic E-state index is -0.252. The molecule has 2 aromatic rings. The Morgan fingerprint density at radius 2 is 1.85 bits per heavy atom. The molecule has 0 radical (unpaired) electrons. The molecular weight excluding hydrogens is 320 g/mol. The molecule has 0 fully saturated rings. The molecule has 5 heteroatoms. The van der Waals surface area contributed by atoms with Crippen LogP contribution in [0.2, 0.25) is 0 Å². The maximum atomic E-state index is 11.8. The molecule has 2 rings (SSSR count). The van der Waals surface area contributed by atoms with Gasteiger partial charge in [0.1, 0.15) is 5.75 Å². The van der Waals surface area contributed by atoms with Gasteiger partial charge in [0.15, 0.2) is 0 Å². The Kier molecular flexibility index (Phi) is 5.01. The summed E-state index contributed by atoms with van der Waals surface area (Å²) in [5.41, 5.74) is 1.67. The summed E-state index contributed by atoms with van der Waals surface area (Å²) < 4.78 is 6.20. The molecule has 0 aliphatic carbocycles. The van der Waals surface area contributed by atoms with Crippen LogP contribution in [0.4, 0.5) is 10.5 Å². The van der Waals surface area contributed by atoms with E-state index in [2.05, 4.69) is 26.6 Å². The van der Waals surface area contributed by atoms with E-state index in [9.17, 15) is 4.79 Å². The fourth-order valence-corrected chi connectivity index (χ4v) is 2.00. The van der Waals surface area contributed by atoms with Gasteiger partial charge in [0, 0.05) is 22.3 Å². The van der Waals surface area contributed by atoms with Crippen molar-refractivity contribution in [1.29, 1.82) is 0 Å². The first-order valence-corrected chi connectivity index (χ1v) is 6.90. The van der Waals surface area contributed by atoms with Crippen LogP contribution in [-0.4, -0.2) is 13.1 Å². The van der Waals surface area contributed by atoms with E-state index in [1.807, 2.05) is 48.5 Å². The van der Waals surface area contributed by atoms with Gasteiger partial charge in [0.2, 0.25) is 0 Å². The van der Waals surface area contributed by atoms with Crippen molar-refractivity contribution < 1.29 is 9.53 Å². The van der Waals surface area contributed by atoms with E-state index in [0.29, 0.717) is 6.54 Å². The fraction of sp³-hybridized carbons (Fsp3) is 0.133. The van der Waals surface area contributed by atoms with Gasteiger partial charge in [-0.2, -0.15) is 0 Å². The van der Waals surface area contributed by atoms with Gasteiger partial charge in [0.25, 0.3) is 0 Å². The number of halogens is 1. The van der Waals surface area contributed by atoms with E-state index >= 15 is 0 Å². The molecule has 2 amide bonds. The number of hydrogen-bond donors (Lipinski definition) is 2. The van der Waals surface area contributed by atoms with Crippen molar-refractivity contribution in [2.75, 3.05) is 12.4 Å². The van der Waals surface area contributed by atoms with Crippen LogP contribution < -0.4 is 15.4 Å². The van der Waals surface area contributed by atoms with Gasteiger partial charge >= 0.3 is 6.03 Å². The van der Waals surface area contributed by atoms with E-state index < -0.39 is 0 Å². The first-order chi connectivity index (χ1) is 9.69. The molecular formula is C15H15BrN2O2. The maximum Gasteiger partial charge on any atom is 0.319 e. The molecule has 0 bridgehead atoms. The Labute approximate surface area is 126 Å². The summed E-state index contributed by atoms with van der Waals surface area (Å²) >= 11 is 3.35. The monoisotopic (exact) mass is 334 g/mol. The lowest BCUT2D eigenvalue weighted by Crippen LogP contribution is -2.28. The van der Waals surface area contributed by atoms with Crippen molar-refractivity contribution in [2.45, 2.75) is 6.54 Å². The standard InChI is InChI=1S/C15H15BrN2O2/c1-20-14-5-3-2-4-11(14)10-17-15(19)18-13-8-6-12(16)7-9-13/h2-9H,10H2,1H3,(H2,17,18,19). The Balaban J connectivity index is 1.90. The Bertz CT molecular complexity index is 585. The summed E-state index contributed by atoms with van der Waals surface area (Å²) in [4.78, 5) is 11.8. The van der Waals surface area contributed by atoms with E-state index in [1.54, 1.807) is 7.11 Å². The summed E-state index contributed by atoms with van der Waals surface area (Å²) in [7, 11) is 1.61. The smallest absolute Gasteiger partial charge is 0.319 e. The zero-order valence-electron chi connectivity index (χ0n) is 11.0. The Morgan fingerprint density at radius 3 is 2.55 bits per heavy atom. The van der Waals surface area contributed by atoms with Crippen molar-refractivity contribution in [3.8, 4) is 5.75 Å². The number of anilines is 1. The third-order valence-electron chi connectivity index (χ3n) is 2.73. The number of rotatable bonds is 4. The van der Waals surface area contributed by atoms with Gasteiger partial charge in [-0.1, -0.05) is 34.1 Å². The molecule has 0 aromatic heterocycles. The molecule has 0 aliphatic rings. The zero-order chi connectivity index (χ0) is 14.4. The van der Waals surface area contributed by atoms with Crippen molar-refractivity contribution >= 4 is 27.6 Å². The van der Waals surface area contributed by atoms with Crippen LogP contribution >= 0.6 is 15.9 Å². The van der Waals surface area contributed by atoms with E-state index in [0.717, 1.165) is 21.5 Å². The molecule has 0 heterocycles. The molecule has 0 spiro atoms. The number of methoxy groups -OCH3 is 1. The molecule has 4 nitrogen and oxygen atoms in total. The summed E-state index contributed by atoms with van der Waals surface area (Å²) in [5.74, 6) is 0.761.